The van der Waals surface area contributed by atoms with Gasteiger partial charge in [0, 0.05) is 29.9 Å². The molecule has 0 aliphatic carbocycles. The molecule has 0 bridgehead atoms. The zero-order valence-electron chi connectivity index (χ0n) is 10.6. The van der Waals surface area contributed by atoms with E-state index in [-0.39, 0.29) is 0 Å². The summed E-state index contributed by atoms with van der Waals surface area (Å²) >= 11 is 1.90. The van der Waals surface area contributed by atoms with Crippen LogP contribution in [0.5, 0.6) is 0 Å². The van der Waals surface area contributed by atoms with E-state index in [1.807, 2.05) is 24.9 Å². The SMILES string of the molecule is Cc1cnc(CSCCN(C)C)c(C)c1N. The minimum atomic E-state index is 0.887. The highest BCUT2D eigenvalue weighted by molar-refractivity contribution is 7.98. The lowest BCUT2D eigenvalue weighted by Crippen LogP contribution is -2.15. The van der Waals surface area contributed by atoms with Crippen LogP contribution < -0.4 is 5.73 Å². The van der Waals surface area contributed by atoms with Gasteiger partial charge in [0.15, 0.2) is 0 Å². The molecule has 0 unspecified atom stereocenters. The lowest BCUT2D eigenvalue weighted by atomic mass is 10.1. The minimum Gasteiger partial charge on any atom is -0.398 e. The summed E-state index contributed by atoms with van der Waals surface area (Å²) in [6.07, 6.45) is 1.87. The van der Waals surface area contributed by atoms with E-state index < -0.39 is 0 Å². The maximum absolute atomic E-state index is 5.98. The van der Waals surface area contributed by atoms with Crippen LogP contribution in [-0.2, 0) is 5.75 Å². The molecule has 0 saturated heterocycles. The second kappa shape index (κ2) is 6.11. The molecule has 0 atom stereocenters. The van der Waals surface area contributed by atoms with Gasteiger partial charge in [-0.05, 0) is 39.1 Å². The number of nitrogen functional groups attached to an aromatic ring is 1. The molecule has 4 heteroatoms. The summed E-state index contributed by atoms with van der Waals surface area (Å²) in [7, 11) is 4.18. The summed E-state index contributed by atoms with van der Waals surface area (Å²) in [6, 6.07) is 0. The molecule has 0 aromatic carbocycles. The van der Waals surface area contributed by atoms with Crippen molar-refractivity contribution in [3.05, 3.63) is 23.0 Å². The van der Waals surface area contributed by atoms with Crippen molar-refractivity contribution >= 4 is 17.4 Å². The van der Waals surface area contributed by atoms with Gasteiger partial charge in [0.05, 0.1) is 5.69 Å². The van der Waals surface area contributed by atoms with Crippen molar-refractivity contribution < 1.29 is 0 Å². The van der Waals surface area contributed by atoms with Crippen molar-refractivity contribution in [2.45, 2.75) is 19.6 Å². The van der Waals surface area contributed by atoms with Gasteiger partial charge in [-0.1, -0.05) is 0 Å². The van der Waals surface area contributed by atoms with Crippen LogP contribution in [0.2, 0.25) is 0 Å². The van der Waals surface area contributed by atoms with E-state index in [1.165, 1.54) is 0 Å². The smallest absolute Gasteiger partial charge is 0.0552 e. The molecule has 0 saturated carbocycles. The van der Waals surface area contributed by atoms with Gasteiger partial charge < -0.3 is 10.6 Å². The first-order valence-corrected chi connectivity index (χ1v) is 6.61. The Kier molecular flexibility index (Phi) is 5.09. The largest absolute Gasteiger partial charge is 0.398 e. The van der Waals surface area contributed by atoms with Gasteiger partial charge in [-0.2, -0.15) is 11.8 Å². The molecule has 0 amide bonds. The van der Waals surface area contributed by atoms with Gasteiger partial charge in [-0.3, -0.25) is 4.98 Å². The Balaban J connectivity index is 2.52. The van der Waals surface area contributed by atoms with E-state index in [0.29, 0.717) is 0 Å². The number of rotatable bonds is 5. The van der Waals surface area contributed by atoms with Crippen LogP contribution in [0.25, 0.3) is 0 Å². The Morgan fingerprint density at radius 1 is 1.38 bits per heavy atom. The van der Waals surface area contributed by atoms with Crippen LogP contribution in [0, 0.1) is 13.8 Å². The molecule has 0 aliphatic heterocycles. The molecule has 2 N–H and O–H groups in total. The zero-order chi connectivity index (χ0) is 12.1. The third kappa shape index (κ3) is 3.68. The molecule has 1 aromatic rings. The predicted molar refractivity (Wildman–Crippen MR) is 72.8 cm³/mol. The number of hydrogen-bond acceptors (Lipinski definition) is 4. The fourth-order valence-corrected chi connectivity index (χ4v) is 2.48. The molecule has 0 radical (unpaired) electrons. The van der Waals surface area contributed by atoms with Crippen molar-refractivity contribution in [1.82, 2.24) is 9.88 Å². The van der Waals surface area contributed by atoms with E-state index in [4.69, 9.17) is 5.73 Å². The molecule has 0 spiro atoms. The number of hydrogen-bond donors (Lipinski definition) is 1. The maximum atomic E-state index is 5.98. The molecule has 3 nitrogen and oxygen atoms in total. The van der Waals surface area contributed by atoms with Gasteiger partial charge in [-0.25, -0.2) is 0 Å². The quantitative estimate of drug-likeness (QED) is 0.799. The van der Waals surface area contributed by atoms with Gasteiger partial charge in [0.2, 0.25) is 0 Å². The molecule has 1 heterocycles. The van der Waals surface area contributed by atoms with E-state index >= 15 is 0 Å². The molecular formula is C12H21N3S. The van der Waals surface area contributed by atoms with E-state index in [1.54, 1.807) is 0 Å². The Bertz CT molecular complexity index is 350. The van der Waals surface area contributed by atoms with Crippen LogP contribution in [0.15, 0.2) is 6.20 Å². The first-order chi connectivity index (χ1) is 7.52. The fraction of sp³-hybridized carbons (Fsp3) is 0.583. The number of aryl methyl sites for hydroxylation is 1. The average Bonchev–Trinajstić information content (AvgIpc) is 2.23. The molecular weight excluding hydrogens is 218 g/mol. The van der Waals surface area contributed by atoms with E-state index in [0.717, 1.165) is 40.6 Å². The molecule has 0 aliphatic rings. The first kappa shape index (κ1) is 13.3. The lowest BCUT2D eigenvalue weighted by molar-refractivity contribution is 0.437. The van der Waals surface area contributed by atoms with Gasteiger partial charge in [-0.15, -0.1) is 0 Å². The minimum absolute atomic E-state index is 0.887. The summed E-state index contributed by atoms with van der Waals surface area (Å²) in [5.74, 6) is 2.08. The fourth-order valence-electron chi connectivity index (χ4n) is 1.35. The number of anilines is 1. The summed E-state index contributed by atoms with van der Waals surface area (Å²) in [5, 5.41) is 0. The van der Waals surface area contributed by atoms with Gasteiger partial charge >= 0.3 is 0 Å². The van der Waals surface area contributed by atoms with Crippen LogP contribution in [0.1, 0.15) is 16.8 Å². The average molecular weight is 239 g/mol. The highest BCUT2D eigenvalue weighted by Crippen LogP contribution is 2.21. The van der Waals surface area contributed by atoms with Crippen molar-refractivity contribution in [3.63, 3.8) is 0 Å². The molecule has 16 heavy (non-hydrogen) atoms. The third-order valence-corrected chi connectivity index (χ3v) is 3.55. The van der Waals surface area contributed by atoms with E-state index in [9.17, 15) is 0 Å². The summed E-state index contributed by atoms with van der Waals surface area (Å²) in [4.78, 5) is 6.63. The third-order valence-electron chi connectivity index (χ3n) is 2.60. The zero-order valence-corrected chi connectivity index (χ0v) is 11.4. The van der Waals surface area contributed by atoms with Crippen molar-refractivity contribution in [2.24, 2.45) is 0 Å². The molecule has 1 rings (SSSR count). The summed E-state index contributed by atoms with van der Waals surface area (Å²) in [5.41, 5.74) is 10.2. The number of pyridine rings is 1. The van der Waals surface area contributed by atoms with Crippen LogP contribution in [0.3, 0.4) is 0 Å². The maximum Gasteiger partial charge on any atom is 0.0552 e. The van der Waals surface area contributed by atoms with Gasteiger partial charge in [0.1, 0.15) is 0 Å². The Morgan fingerprint density at radius 2 is 2.06 bits per heavy atom. The standard InChI is InChI=1S/C12H21N3S/c1-9-7-14-11(10(2)12(9)13)8-16-6-5-15(3)4/h7H,5-6,8H2,1-4H3,(H2,13,14). The number of thioether (sulfide) groups is 1. The second-order valence-electron chi connectivity index (χ2n) is 4.28. The van der Waals surface area contributed by atoms with Crippen molar-refractivity contribution in [1.29, 1.82) is 0 Å². The van der Waals surface area contributed by atoms with Crippen LogP contribution >= 0.6 is 11.8 Å². The number of nitrogens with two attached hydrogens (primary N) is 1. The highest BCUT2D eigenvalue weighted by Gasteiger charge is 2.05. The number of aromatic nitrogens is 1. The van der Waals surface area contributed by atoms with Crippen molar-refractivity contribution in [3.8, 4) is 0 Å². The Hall–Kier alpha value is -0.740. The Morgan fingerprint density at radius 3 is 2.69 bits per heavy atom. The monoisotopic (exact) mass is 239 g/mol. The second-order valence-corrected chi connectivity index (χ2v) is 5.39. The van der Waals surface area contributed by atoms with Gasteiger partial charge in [0.25, 0.3) is 0 Å². The summed E-state index contributed by atoms with van der Waals surface area (Å²) in [6.45, 7) is 5.15. The van der Waals surface area contributed by atoms with E-state index in [2.05, 4.69) is 30.9 Å². The predicted octanol–water partition coefficient (Wildman–Crippen LogP) is 2.08. The first-order valence-electron chi connectivity index (χ1n) is 5.45. The molecule has 1 aromatic heterocycles. The highest BCUT2D eigenvalue weighted by atomic mass is 32.2. The summed E-state index contributed by atoms with van der Waals surface area (Å²) < 4.78 is 0. The van der Waals surface area contributed by atoms with Crippen LogP contribution in [-0.4, -0.2) is 36.3 Å². The number of nitrogens with zero attached hydrogens (tertiary/aromatic N) is 2. The molecule has 90 valence electrons. The lowest BCUT2D eigenvalue weighted by Gasteiger charge is -2.11. The Labute approximate surface area is 102 Å². The van der Waals surface area contributed by atoms with Crippen LogP contribution in [0.4, 0.5) is 5.69 Å². The molecule has 0 fully saturated rings. The topological polar surface area (TPSA) is 42.2 Å². The normalized spacial score (nSPS) is 11.1. The van der Waals surface area contributed by atoms with Crippen molar-refractivity contribution in [2.75, 3.05) is 32.1 Å².